The molecule has 1 amide bonds. The molecule has 2 aromatic rings. The second kappa shape index (κ2) is 8.45. The number of nitrogens with one attached hydrogen (secondary N) is 1. The lowest BCUT2D eigenvalue weighted by atomic mass is 9.88. The van der Waals surface area contributed by atoms with Gasteiger partial charge in [0, 0.05) is 24.9 Å². The van der Waals surface area contributed by atoms with Gasteiger partial charge < -0.3 is 5.32 Å². The molecule has 1 heterocycles. The lowest BCUT2D eigenvalue weighted by molar-refractivity contribution is -0.125. The maximum Gasteiger partial charge on any atom is 0.223 e. The molecule has 0 spiro atoms. The van der Waals surface area contributed by atoms with Crippen LogP contribution in [0.3, 0.4) is 0 Å². The summed E-state index contributed by atoms with van der Waals surface area (Å²) in [6.45, 7) is 0.0538. The second-order valence-electron chi connectivity index (χ2n) is 6.71. The molecule has 26 heavy (non-hydrogen) atoms. The number of nitrogens with zero attached hydrogens (tertiary/aromatic N) is 1. The van der Waals surface area contributed by atoms with Crippen LogP contribution in [0.2, 0.25) is 0 Å². The Labute approximate surface area is 154 Å². The topological polar surface area (TPSA) is 76.1 Å². The molecule has 138 valence electrons. The molecule has 0 bridgehead atoms. The van der Waals surface area contributed by atoms with Gasteiger partial charge in [-0.25, -0.2) is 8.42 Å². The zero-order valence-electron chi connectivity index (χ0n) is 14.7. The third-order valence-corrected chi connectivity index (χ3v) is 7.06. The fraction of sp³-hybridized carbons (Fsp3) is 0.400. The molecule has 1 atom stereocenters. The van der Waals surface area contributed by atoms with Gasteiger partial charge in [-0.1, -0.05) is 43.5 Å². The number of pyridine rings is 1. The summed E-state index contributed by atoms with van der Waals surface area (Å²) in [5.74, 6) is -0.0421. The van der Waals surface area contributed by atoms with Crippen molar-refractivity contribution in [2.75, 3.05) is 6.54 Å². The summed E-state index contributed by atoms with van der Waals surface area (Å²) in [5.41, 5.74) is 0.584. The number of sulfone groups is 1. The van der Waals surface area contributed by atoms with E-state index < -0.39 is 15.1 Å². The summed E-state index contributed by atoms with van der Waals surface area (Å²) in [6.07, 6.45) is 8.22. The van der Waals surface area contributed by atoms with Crippen LogP contribution in [0.1, 0.15) is 42.9 Å². The third kappa shape index (κ3) is 4.30. The van der Waals surface area contributed by atoms with E-state index in [0.717, 1.165) is 25.7 Å². The van der Waals surface area contributed by atoms with E-state index in [-0.39, 0.29) is 23.3 Å². The first-order valence-corrected chi connectivity index (χ1v) is 10.6. The summed E-state index contributed by atoms with van der Waals surface area (Å²) >= 11 is 0. The van der Waals surface area contributed by atoms with Crippen molar-refractivity contribution in [1.29, 1.82) is 0 Å². The van der Waals surface area contributed by atoms with Crippen molar-refractivity contribution in [1.82, 2.24) is 10.3 Å². The SMILES string of the molecule is O=C(NC[C@H](c1cccnc1)S(=O)(=O)c1ccccc1)C1CCCCC1. The van der Waals surface area contributed by atoms with Crippen LogP contribution in [-0.2, 0) is 14.6 Å². The van der Waals surface area contributed by atoms with Crippen molar-refractivity contribution in [2.45, 2.75) is 42.2 Å². The van der Waals surface area contributed by atoms with Crippen LogP contribution in [-0.4, -0.2) is 25.9 Å². The molecule has 3 rings (SSSR count). The molecule has 0 aliphatic heterocycles. The Morgan fingerprint density at radius 1 is 1.08 bits per heavy atom. The molecular weight excluding hydrogens is 348 g/mol. The van der Waals surface area contributed by atoms with Crippen molar-refractivity contribution in [3.8, 4) is 0 Å². The quantitative estimate of drug-likeness (QED) is 0.844. The third-order valence-electron chi connectivity index (χ3n) is 4.94. The van der Waals surface area contributed by atoms with E-state index in [1.54, 1.807) is 54.9 Å². The van der Waals surface area contributed by atoms with Crippen molar-refractivity contribution in [3.05, 3.63) is 60.4 Å². The Hall–Kier alpha value is -2.21. The molecule has 5 nitrogen and oxygen atoms in total. The van der Waals surface area contributed by atoms with Gasteiger partial charge in [-0.15, -0.1) is 0 Å². The van der Waals surface area contributed by atoms with E-state index in [9.17, 15) is 13.2 Å². The Balaban J connectivity index is 1.81. The number of rotatable bonds is 6. The molecule has 1 aliphatic rings. The Morgan fingerprint density at radius 3 is 2.46 bits per heavy atom. The van der Waals surface area contributed by atoms with Gasteiger partial charge in [0.25, 0.3) is 0 Å². The Kier molecular flexibility index (Phi) is 6.04. The van der Waals surface area contributed by atoms with Crippen molar-refractivity contribution >= 4 is 15.7 Å². The van der Waals surface area contributed by atoms with Crippen molar-refractivity contribution in [2.24, 2.45) is 5.92 Å². The van der Waals surface area contributed by atoms with Crippen molar-refractivity contribution < 1.29 is 13.2 Å². The molecule has 1 aromatic carbocycles. The Bertz CT molecular complexity index is 817. The molecule has 0 unspecified atom stereocenters. The molecule has 1 aromatic heterocycles. The van der Waals surface area contributed by atoms with Crippen molar-refractivity contribution in [3.63, 3.8) is 0 Å². The standard InChI is InChI=1S/C20H24N2O3S/c23-20(16-8-3-1-4-9-16)22-15-19(17-10-7-13-21-14-17)26(24,25)18-11-5-2-6-12-18/h2,5-7,10-14,16,19H,1,3-4,8-9,15H2,(H,22,23)/t19-/m1/s1. The number of carbonyl (C=O) groups excluding carboxylic acids is 1. The van der Waals surface area contributed by atoms with Crippen LogP contribution in [0.4, 0.5) is 0 Å². The zero-order valence-corrected chi connectivity index (χ0v) is 15.5. The van der Waals surface area contributed by atoms with E-state index in [0.29, 0.717) is 5.56 Å². The van der Waals surface area contributed by atoms with Crippen LogP contribution < -0.4 is 5.32 Å². The van der Waals surface area contributed by atoms with Crippen LogP contribution in [0.25, 0.3) is 0 Å². The second-order valence-corrected chi connectivity index (χ2v) is 8.84. The van der Waals surface area contributed by atoms with Gasteiger partial charge in [-0.05, 0) is 36.6 Å². The van der Waals surface area contributed by atoms with E-state index in [1.165, 1.54) is 6.42 Å². The van der Waals surface area contributed by atoms with E-state index in [2.05, 4.69) is 10.3 Å². The minimum atomic E-state index is -3.64. The number of benzene rings is 1. The first kappa shape index (κ1) is 18.6. The lowest BCUT2D eigenvalue weighted by Gasteiger charge is -2.23. The highest BCUT2D eigenvalue weighted by Gasteiger charge is 2.31. The fourth-order valence-corrected chi connectivity index (χ4v) is 5.12. The average molecular weight is 372 g/mol. The molecule has 1 aliphatic carbocycles. The molecule has 0 saturated heterocycles. The first-order chi connectivity index (χ1) is 12.6. The number of hydrogen-bond acceptors (Lipinski definition) is 4. The molecule has 1 fully saturated rings. The minimum absolute atomic E-state index is 0.00210. The summed E-state index contributed by atoms with van der Waals surface area (Å²) in [7, 11) is -3.64. The smallest absolute Gasteiger partial charge is 0.223 e. The average Bonchev–Trinajstić information content (AvgIpc) is 2.70. The van der Waals surface area contributed by atoms with E-state index >= 15 is 0 Å². The van der Waals surface area contributed by atoms with Gasteiger partial charge in [0.05, 0.1) is 4.90 Å². The highest BCUT2D eigenvalue weighted by Crippen LogP contribution is 2.29. The van der Waals surface area contributed by atoms with Crippen LogP contribution in [0, 0.1) is 5.92 Å². The summed E-state index contributed by atoms with van der Waals surface area (Å²) in [6, 6.07) is 11.8. The largest absolute Gasteiger partial charge is 0.354 e. The maximum atomic E-state index is 13.1. The van der Waals surface area contributed by atoms with Gasteiger partial charge in [0.15, 0.2) is 9.84 Å². The van der Waals surface area contributed by atoms with E-state index in [4.69, 9.17) is 0 Å². The predicted octanol–water partition coefficient (Wildman–Crippen LogP) is 3.29. The normalized spacial score (nSPS) is 16.8. The van der Waals surface area contributed by atoms with Crippen LogP contribution in [0.15, 0.2) is 59.8 Å². The molecular formula is C20H24N2O3S. The summed E-state index contributed by atoms with van der Waals surface area (Å²) in [4.78, 5) is 16.8. The zero-order chi connectivity index (χ0) is 18.4. The molecule has 0 radical (unpaired) electrons. The summed E-state index contributed by atoms with van der Waals surface area (Å²) in [5, 5.41) is 2.03. The lowest BCUT2D eigenvalue weighted by Crippen LogP contribution is -2.36. The highest BCUT2D eigenvalue weighted by atomic mass is 32.2. The maximum absolute atomic E-state index is 13.1. The number of aromatic nitrogens is 1. The van der Waals surface area contributed by atoms with E-state index in [1.807, 2.05) is 0 Å². The van der Waals surface area contributed by atoms with Crippen LogP contribution >= 0.6 is 0 Å². The monoisotopic (exact) mass is 372 g/mol. The number of carbonyl (C=O) groups is 1. The predicted molar refractivity (Wildman–Crippen MR) is 100 cm³/mol. The Morgan fingerprint density at radius 2 is 1.81 bits per heavy atom. The minimum Gasteiger partial charge on any atom is -0.354 e. The molecule has 1 saturated carbocycles. The molecule has 1 N–H and O–H groups in total. The van der Waals surface area contributed by atoms with Gasteiger partial charge in [0.2, 0.25) is 5.91 Å². The van der Waals surface area contributed by atoms with Gasteiger partial charge >= 0.3 is 0 Å². The first-order valence-electron chi connectivity index (χ1n) is 9.05. The highest BCUT2D eigenvalue weighted by molar-refractivity contribution is 7.91. The van der Waals surface area contributed by atoms with Gasteiger partial charge in [-0.2, -0.15) is 0 Å². The van der Waals surface area contributed by atoms with Gasteiger partial charge in [0.1, 0.15) is 5.25 Å². The number of amides is 1. The van der Waals surface area contributed by atoms with Gasteiger partial charge in [-0.3, -0.25) is 9.78 Å². The summed E-state index contributed by atoms with van der Waals surface area (Å²) < 4.78 is 26.3. The van der Waals surface area contributed by atoms with Crippen LogP contribution in [0.5, 0.6) is 0 Å². The molecule has 6 heteroatoms. The number of hydrogen-bond donors (Lipinski definition) is 1. The fourth-order valence-electron chi connectivity index (χ4n) is 3.45.